The Hall–Kier alpha value is -2.25. The van der Waals surface area contributed by atoms with E-state index in [0.717, 1.165) is 0 Å². The number of nitrogens with zero attached hydrogens (tertiary/aromatic N) is 2. The van der Waals surface area contributed by atoms with Crippen LogP contribution in [0.15, 0.2) is 47.7 Å². The van der Waals surface area contributed by atoms with Crippen LogP contribution >= 0.6 is 11.6 Å². The van der Waals surface area contributed by atoms with Gasteiger partial charge >= 0.3 is 0 Å². The molecule has 3 nitrogen and oxygen atoms in total. The first kappa shape index (κ1) is 14.2. The zero-order chi connectivity index (χ0) is 14.7. The van der Waals surface area contributed by atoms with Gasteiger partial charge in [0.1, 0.15) is 17.6 Å². The van der Waals surface area contributed by atoms with Crippen molar-refractivity contribution in [3.8, 4) is 11.8 Å². The van der Waals surface area contributed by atoms with E-state index in [4.69, 9.17) is 21.6 Å². The van der Waals surface area contributed by atoms with Crippen LogP contribution in [0.1, 0.15) is 5.56 Å². The monoisotopic (exact) mass is 290 g/mol. The van der Waals surface area contributed by atoms with Gasteiger partial charge in [-0.15, -0.1) is 0 Å². The van der Waals surface area contributed by atoms with E-state index in [9.17, 15) is 4.39 Å². The Kier molecular flexibility index (Phi) is 4.11. The number of nitriles is 1. The molecule has 0 fully saturated rings. The van der Waals surface area contributed by atoms with Gasteiger partial charge in [-0.2, -0.15) is 5.26 Å². The van der Waals surface area contributed by atoms with Crippen molar-refractivity contribution in [2.24, 2.45) is 0 Å². The van der Waals surface area contributed by atoms with E-state index in [1.807, 2.05) is 6.07 Å². The highest BCUT2D eigenvalue weighted by Gasteiger charge is 2.19. The van der Waals surface area contributed by atoms with Gasteiger partial charge in [0.2, 0.25) is 0 Å². The van der Waals surface area contributed by atoms with E-state index < -0.39 is 5.82 Å². The summed E-state index contributed by atoms with van der Waals surface area (Å²) in [6, 6.07) is 6.31. The van der Waals surface area contributed by atoms with Crippen molar-refractivity contribution in [1.82, 2.24) is 4.90 Å². The zero-order valence-corrected chi connectivity index (χ0v) is 11.6. The molecule has 102 valence electrons. The van der Waals surface area contributed by atoms with Crippen LogP contribution < -0.4 is 4.74 Å². The molecule has 0 saturated carbocycles. The van der Waals surface area contributed by atoms with Crippen LogP contribution in [0.5, 0.6) is 5.75 Å². The minimum absolute atomic E-state index is 0.115. The Labute approximate surface area is 121 Å². The lowest BCUT2D eigenvalue weighted by molar-refractivity contribution is 0.365. The molecule has 1 aromatic carbocycles. The number of likely N-dealkylation sites (N-methyl/N-ethyl adjacent to an activating group) is 1. The SMILES string of the molecule is C=C1C(Cl)=CC=C(c2ccc(OCC#N)cc2F)N1C. The van der Waals surface area contributed by atoms with Gasteiger partial charge in [-0.1, -0.05) is 18.2 Å². The summed E-state index contributed by atoms with van der Waals surface area (Å²) in [5, 5.41) is 8.95. The van der Waals surface area contributed by atoms with E-state index in [0.29, 0.717) is 27.7 Å². The van der Waals surface area contributed by atoms with Crippen LogP contribution in [-0.4, -0.2) is 18.6 Å². The van der Waals surface area contributed by atoms with Gasteiger partial charge in [0, 0.05) is 18.7 Å². The molecule has 2 rings (SSSR count). The summed E-state index contributed by atoms with van der Waals surface area (Å²) in [5.41, 5.74) is 1.68. The maximum atomic E-state index is 14.1. The molecule has 0 atom stereocenters. The number of benzene rings is 1. The zero-order valence-electron chi connectivity index (χ0n) is 10.9. The fourth-order valence-electron chi connectivity index (χ4n) is 1.85. The maximum absolute atomic E-state index is 14.1. The quantitative estimate of drug-likeness (QED) is 0.852. The van der Waals surface area contributed by atoms with Crippen molar-refractivity contribution in [2.45, 2.75) is 0 Å². The molecule has 1 aliphatic heterocycles. The van der Waals surface area contributed by atoms with E-state index >= 15 is 0 Å². The molecule has 0 N–H and O–H groups in total. The molecular formula is C15H12ClFN2O. The number of hydrogen-bond acceptors (Lipinski definition) is 3. The Morgan fingerprint density at radius 1 is 1.45 bits per heavy atom. The van der Waals surface area contributed by atoms with E-state index in [2.05, 4.69) is 6.58 Å². The lowest BCUT2D eigenvalue weighted by Crippen LogP contribution is -2.18. The van der Waals surface area contributed by atoms with Gasteiger partial charge < -0.3 is 9.64 Å². The molecule has 0 radical (unpaired) electrons. The topological polar surface area (TPSA) is 36.3 Å². The fraction of sp³-hybridized carbons (Fsp3) is 0.133. The second-order valence-corrected chi connectivity index (χ2v) is 4.57. The minimum Gasteiger partial charge on any atom is -0.479 e. The summed E-state index contributed by atoms with van der Waals surface area (Å²) >= 11 is 5.97. The Morgan fingerprint density at radius 2 is 2.20 bits per heavy atom. The molecule has 20 heavy (non-hydrogen) atoms. The average molecular weight is 291 g/mol. The second kappa shape index (κ2) is 5.81. The van der Waals surface area contributed by atoms with Crippen LogP contribution in [0.3, 0.4) is 0 Å². The van der Waals surface area contributed by atoms with Crippen molar-refractivity contribution in [3.05, 3.63) is 59.0 Å². The smallest absolute Gasteiger partial charge is 0.174 e. The summed E-state index contributed by atoms with van der Waals surface area (Å²) in [6.07, 6.45) is 3.41. The third-order valence-electron chi connectivity index (χ3n) is 2.95. The highest BCUT2D eigenvalue weighted by Crippen LogP contribution is 2.32. The normalized spacial score (nSPS) is 14.5. The molecule has 0 bridgehead atoms. The number of halogens is 2. The Bertz CT molecular complexity index is 658. The van der Waals surface area contributed by atoms with Gasteiger partial charge in [-0.05, 0) is 24.3 Å². The number of hydrogen-bond donors (Lipinski definition) is 0. The molecule has 1 heterocycles. The molecule has 0 saturated heterocycles. The molecule has 1 aliphatic rings. The predicted molar refractivity (Wildman–Crippen MR) is 76.3 cm³/mol. The summed E-state index contributed by atoms with van der Waals surface area (Å²) < 4.78 is 19.2. The largest absolute Gasteiger partial charge is 0.479 e. The van der Waals surface area contributed by atoms with Crippen LogP contribution in [0.25, 0.3) is 5.70 Å². The summed E-state index contributed by atoms with van der Waals surface area (Å²) in [7, 11) is 1.77. The molecule has 0 aromatic heterocycles. The molecule has 0 spiro atoms. The molecule has 0 unspecified atom stereocenters. The molecule has 0 amide bonds. The van der Waals surface area contributed by atoms with Gasteiger partial charge in [0.15, 0.2) is 6.61 Å². The number of ether oxygens (including phenoxy) is 1. The van der Waals surface area contributed by atoms with Crippen LogP contribution in [-0.2, 0) is 0 Å². The Balaban J connectivity index is 2.35. The van der Waals surface area contributed by atoms with Gasteiger partial charge in [-0.3, -0.25) is 0 Å². The van der Waals surface area contributed by atoms with Gasteiger partial charge in [0.25, 0.3) is 0 Å². The molecular weight excluding hydrogens is 279 g/mol. The summed E-state index contributed by atoms with van der Waals surface area (Å²) in [4.78, 5) is 1.72. The first-order valence-corrected chi connectivity index (χ1v) is 6.22. The van der Waals surface area contributed by atoms with Crippen molar-refractivity contribution in [2.75, 3.05) is 13.7 Å². The number of allylic oxidation sites excluding steroid dienone is 3. The second-order valence-electron chi connectivity index (χ2n) is 4.16. The summed E-state index contributed by atoms with van der Waals surface area (Å²) in [6.45, 7) is 3.73. The number of rotatable bonds is 3. The van der Waals surface area contributed by atoms with Crippen LogP contribution in [0.2, 0.25) is 0 Å². The maximum Gasteiger partial charge on any atom is 0.174 e. The van der Waals surface area contributed by atoms with Crippen molar-refractivity contribution in [3.63, 3.8) is 0 Å². The van der Waals surface area contributed by atoms with Gasteiger partial charge in [0.05, 0.1) is 16.4 Å². The third kappa shape index (κ3) is 2.68. The van der Waals surface area contributed by atoms with Crippen molar-refractivity contribution >= 4 is 17.3 Å². The highest BCUT2D eigenvalue weighted by atomic mass is 35.5. The first-order valence-electron chi connectivity index (χ1n) is 5.84. The lowest BCUT2D eigenvalue weighted by Gasteiger charge is -2.27. The van der Waals surface area contributed by atoms with Crippen molar-refractivity contribution < 1.29 is 9.13 Å². The van der Waals surface area contributed by atoms with Crippen LogP contribution in [0.4, 0.5) is 4.39 Å². The lowest BCUT2D eigenvalue weighted by atomic mass is 10.1. The summed E-state index contributed by atoms with van der Waals surface area (Å²) in [5.74, 6) is -0.114. The molecule has 1 aromatic rings. The Morgan fingerprint density at radius 3 is 2.85 bits per heavy atom. The molecule has 5 heteroatoms. The third-order valence-corrected chi connectivity index (χ3v) is 3.29. The predicted octanol–water partition coefficient (Wildman–Crippen LogP) is 3.65. The van der Waals surface area contributed by atoms with E-state index in [-0.39, 0.29) is 6.61 Å². The minimum atomic E-state index is -0.433. The average Bonchev–Trinajstić information content (AvgIpc) is 2.44. The first-order chi connectivity index (χ1) is 9.54. The van der Waals surface area contributed by atoms with Gasteiger partial charge in [-0.25, -0.2) is 4.39 Å². The van der Waals surface area contributed by atoms with Crippen molar-refractivity contribution in [1.29, 1.82) is 5.26 Å². The van der Waals surface area contributed by atoms with E-state index in [1.165, 1.54) is 6.07 Å². The highest BCUT2D eigenvalue weighted by molar-refractivity contribution is 6.32. The standard InChI is InChI=1S/C15H12ClFN2O/c1-10-13(16)5-6-15(19(10)2)12-4-3-11(9-14(12)17)20-8-7-18/h3-6,9H,1,8H2,2H3. The van der Waals surface area contributed by atoms with Crippen LogP contribution in [0, 0.1) is 17.1 Å². The molecule has 0 aliphatic carbocycles. The fourth-order valence-corrected chi connectivity index (χ4v) is 2.03. The van der Waals surface area contributed by atoms with E-state index in [1.54, 1.807) is 36.2 Å².